The van der Waals surface area contributed by atoms with Crippen molar-refractivity contribution < 1.29 is 4.79 Å². The molecular weight excluding hydrogens is 286 g/mol. The maximum absolute atomic E-state index is 12.3. The van der Waals surface area contributed by atoms with Crippen LogP contribution in [0.2, 0.25) is 0 Å². The normalized spacial score (nSPS) is 12.1. The first-order chi connectivity index (χ1) is 11.1. The van der Waals surface area contributed by atoms with Gasteiger partial charge in [-0.1, -0.05) is 48.5 Å². The smallest absolute Gasteiger partial charge is 0.263 e. The molecule has 2 aromatic rings. The van der Waals surface area contributed by atoms with Crippen LogP contribution >= 0.6 is 0 Å². The molecule has 4 nitrogen and oxygen atoms in total. The molecule has 0 spiro atoms. The van der Waals surface area contributed by atoms with Crippen LogP contribution in [-0.2, 0) is 4.79 Å². The molecule has 2 aromatic carbocycles. The molecule has 0 bridgehead atoms. The van der Waals surface area contributed by atoms with E-state index in [-0.39, 0.29) is 17.5 Å². The van der Waals surface area contributed by atoms with Crippen molar-refractivity contribution in [2.45, 2.75) is 13.0 Å². The minimum Gasteiger partial charge on any atom is -0.350 e. The van der Waals surface area contributed by atoms with Gasteiger partial charge in [0, 0.05) is 18.9 Å². The summed E-state index contributed by atoms with van der Waals surface area (Å²) in [6, 6.07) is 21.0. The molecule has 0 aliphatic heterocycles. The number of para-hydroxylation sites is 1. The number of anilines is 1. The van der Waals surface area contributed by atoms with Crippen molar-refractivity contribution in [1.82, 2.24) is 5.32 Å². The maximum atomic E-state index is 12.3. The lowest BCUT2D eigenvalue weighted by Crippen LogP contribution is -2.28. The molecule has 0 aromatic heterocycles. The Morgan fingerprint density at radius 1 is 1.13 bits per heavy atom. The SMILES string of the molecule is CC(NC(=O)/C(C#N)=C\N(C)c1ccccc1)c1ccccc1. The lowest BCUT2D eigenvalue weighted by atomic mass is 10.1. The fourth-order valence-corrected chi connectivity index (χ4v) is 2.17. The fraction of sp³-hybridized carbons (Fsp3) is 0.158. The number of carbonyl (C=O) groups is 1. The molecule has 0 fully saturated rings. The van der Waals surface area contributed by atoms with Gasteiger partial charge < -0.3 is 10.2 Å². The van der Waals surface area contributed by atoms with Crippen molar-refractivity contribution in [1.29, 1.82) is 5.26 Å². The van der Waals surface area contributed by atoms with E-state index in [4.69, 9.17) is 0 Å². The van der Waals surface area contributed by atoms with E-state index in [2.05, 4.69) is 5.32 Å². The predicted octanol–water partition coefficient (Wildman–Crippen LogP) is 3.41. The van der Waals surface area contributed by atoms with Gasteiger partial charge in [-0.05, 0) is 24.6 Å². The molecule has 0 saturated heterocycles. The van der Waals surface area contributed by atoms with Gasteiger partial charge in [0.15, 0.2) is 0 Å². The van der Waals surface area contributed by atoms with E-state index in [1.54, 1.807) is 18.1 Å². The average molecular weight is 305 g/mol. The average Bonchev–Trinajstić information content (AvgIpc) is 2.60. The van der Waals surface area contributed by atoms with Crippen molar-refractivity contribution in [3.63, 3.8) is 0 Å². The van der Waals surface area contributed by atoms with E-state index >= 15 is 0 Å². The second-order valence-electron chi connectivity index (χ2n) is 5.21. The summed E-state index contributed by atoms with van der Waals surface area (Å²) in [6.45, 7) is 1.89. The van der Waals surface area contributed by atoms with Gasteiger partial charge in [0.2, 0.25) is 0 Å². The van der Waals surface area contributed by atoms with Crippen LogP contribution < -0.4 is 10.2 Å². The number of amides is 1. The highest BCUT2D eigenvalue weighted by atomic mass is 16.1. The molecule has 1 amide bonds. The van der Waals surface area contributed by atoms with Gasteiger partial charge in [-0.25, -0.2) is 0 Å². The van der Waals surface area contributed by atoms with Crippen LogP contribution in [0.25, 0.3) is 0 Å². The van der Waals surface area contributed by atoms with E-state index in [0.717, 1.165) is 11.3 Å². The molecule has 4 heteroatoms. The van der Waals surface area contributed by atoms with Crippen LogP contribution in [0.3, 0.4) is 0 Å². The molecule has 2 rings (SSSR count). The monoisotopic (exact) mass is 305 g/mol. The van der Waals surface area contributed by atoms with E-state index in [0.29, 0.717) is 0 Å². The quantitative estimate of drug-likeness (QED) is 0.680. The Labute approximate surface area is 136 Å². The van der Waals surface area contributed by atoms with Gasteiger partial charge >= 0.3 is 0 Å². The Balaban J connectivity index is 2.10. The Morgan fingerprint density at radius 3 is 2.26 bits per heavy atom. The first kappa shape index (κ1) is 16.3. The van der Waals surface area contributed by atoms with E-state index in [9.17, 15) is 10.1 Å². The van der Waals surface area contributed by atoms with Crippen LogP contribution in [0.5, 0.6) is 0 Å². The highest BCUT2D eigenvalue weighted by Crippen LogP contribution is 2.14. The van der Waals surface area contributed by atoms with E-state index < -0.39 is 0 Å². The van der Waals surface area contributed by atoms with Crippen LogP contribution in [0.15, 0.2) is 72.4 Å². The van der Waals surface area contributed by atoms with Gasteiger partial charge in [0.05, 0.1) is 6.04 Å². The summed E-state index contributed by atoms with van der Waals surface area (Å²) in [5.74, 6) is -0.383. The standard InChI is InChI=1S/C19H19N3O/c1-15(16-9-5-3-6-10-16)21-19(23)17(13-20)14-22(2)18-11-7-4-8-12-18/h3-12,14-15H,1-2H3,(H,21,23)/b17-14-. The zero-order valence-electron chi connectivity index (χ0n) is 13.2. The summed E-state index contributed by atoms with van der Waals surface area (Å²) < 4.78 is 0. The maximum Gasteiger partial charge on any atom is 0.263 e. The Kier molecular flexibility index (Phi) is 5.54. The largest absolute Gasteiger partial charge is 0.350 e. The minimum absolute atomic E-state index is 0.0686. The van der Waals surface area contributed by atoms with Crippen LogP contribution in [0, 0.1) is 11.3 Å². The summed E-state index contributed by atoms with van der Waals surface area (Å²) in [6.07, 6.45) is 1.54. The molecule has 23 heavy (non-hydrogen) atoms. The molecule has 0 aliphatic rings. The summed E-state index contributed by atoms with van der Waals surface area (Å²) in [7, 11) is 1.81. The number of hydrogen-bond donors (Lipinski definition) is 1. The van der Waals surface area contributed by atoms with Crippen molar-refractivity contribution in [2.24, 2.45) is 0 Å². The molecule has 1 unspecified atom stereocenters. The fourth-order valence-electron chi connectivity index (χ4n) is 2.17. The number of nitrogens with zero attached hydrogens (tertiary/aromatic N) is 2. The summed E-state index contributed by atoms with van der Waals surface area (Å²) in [5, 5.41) is 12.1. The number of hydrogen-bond acceptors (Lipinski definition) is 3. The Hall–Kier alpha value is -3.06. The van der Waals surface area contributed by atoms with Gasteiger partial charge in [0.1, 0.15) is 11.6 Å². The third kappa shape index (κ3) is 4.45. The van der Waals surface area contributed by atoms with Crippen LogP contribution in [0.4, 0.5) is 5.69 Å². The number of nitrogens with one attached hydrogen (secondary N) is 1. The van der Waals surface area contributed by atoms with Gasteiger partial charge in [-0.2, -0.15) is 5.26 Å². The molecule has 0 aliphatic carbocycles. The third-order valence-corrected chi connectivity index (χ3v) is 3.50. The summed E-state index contributed by atoms with van der Waals surface area (Å²) >= 11 is 0. The second-order valence-corrected chi connectivity index (χ2v) is 5.21. The minimum atomic E-state index is -0.383. The Morgan fingerprint density at radius 2 is 1.70 bits per heavy atom. The van der Waals surface area contributed by atoms with Crippen LogP contribution in [-0.4, -0.2) is 13.0 Å². The van der Waals surface area contributed by atoms with Crippen molar-refractivity contribution >= 4 is 11.6 Å². The Bertz CT molecular complexity index is 717. The number of rotatable bonds is 5. The lowest BCUT2D eigenvalue weighted by Gasteiger charge is -2.17. The number of nitriles is 1. The van der Waals surface area contributed by atoms with Crippen molar-refractivity contribution in [3.05, 3.63) is 78.0 Å². The van der Waals surface area contributed by atoms with Gasteiger partial charge in [-0.15, -0.1) is 0 Å². The number of carbonyl (C=O) groups excluding carboxylic acids is 1. The topological polar surface area (TPSA) is 56.1 Å². The van der Waals surface area contributed by atoms with E-state index in [1.165, 1.54) is 0 Å². The molecule has 1 atom stereocenters. The van der Waals surface area contributed by atoms with Gasteiger partial charge in [-0.3, -0.25) is 4.79 Å². The highest BCUT2D eigenvalue weighted by Gasteiger charge is 2.14. The lowest BCUT2D eigenvalue weighted by molar-refractivity contribution is -0.117. The second kappa shape index (κ2) is 7.81. The molecular formula is C19H19N3O. The van der Waals surface area contributed by atoms with Crippen molar-refractivity contribution in [3.8, 4) is 6.07 Å². The van der Waals surface area contributed by atoms with Crippen molar-refractivity contribution in [2.75, 3.05) is 11.9 Å². The first-order valence-corrected chi connectivity index (χ1v) is 7.37. The molecule has 0 saturated carbocycles. The van der Waals surface area contributed by atoms with Gasteiger partial charge in [0.25, 0.3) is 5.91 Å². The molecule has 116 valence electrons. The number of benzene rings is 2. The summed E-state index contributed by atoms with van der Waals surface area (Å²) in [5.41, 5.74) is 1.97. The highest BCUT2D eigenvalue weighted by molar-refractivity contribution is 5.97. The predicted molar refractivity (Wildman–Crippen MR) is 91.5 cm³/mol. The molecule has 0 heterocycles. The zero-order valence-corrected chi connectivity index (χ0v) is 13.2. The van der Waals surface area contributed by atoms with Crippen LogP contribution in [0.1, 0.15) is 18.5 Å². The first-order valence-electron chi connectivity index (χ1n) is 7.37. The zero-order chi connectivity index (χ0) is 16.7. The molecule has 1 N–H and O–H groups in total. The third-order valence-electron chi connectivity index (χ3n) is 3.50. The summed E-state index contributed by atoms with van der Waals surface area (Å²) in [4.78, 5) is 14.1. The van der Waals surface area contributed by atoms with E-state index in [1.807, 2.05) is 73.7 Å². The molecule has 0 radical (unpaired) electrons.